The van der Waals surface area contributed by atoms with Crippen LogP contribution >= 0.6 is 11.6 Å². The second kappa shape index (κ2) is 4.14. The number of rotatable bonds is 2. The standard InChI is InChI=1S/C11H12ClN3O/c1-3-15(2)10-8-5-4-7(12)6-9(8)13-11(16)14-10/h4-6H,3H2,1-2H3,(H,13,14,16). The Balaban J connectivity index is 2.77. The van der Waals surface area contributed by atoms with Gasteiger partial charge in [0.05, 0.1) is 5.52 Å². The van der Waals surface area contributed by atoms with E-state index in [1.165, 1.54) is 0 Å². The quantitative estimate of drug-likeness (QED) is 0.870. The van der Waals surface area contributed by atoms with Crippen molar-refractivity contribution in [2.45, 2.75) is 6.92 Å². The molecule has 1 N–H and O–H groups in total. The summed E-state index contributed by atoms with van der Waals surface area (Å²) in [6, 6.07) is 5.38. The summed E-state index contributed by atoms with van der Waals surface area (Å²) in [6.45, 7) is 2.79. The molecule has 0 atom stereocenters. The van der Waals surface area contributed by atoms with Crippen LogP contribution in [0.3, 0.4) is 0 Å². The first-order valence-corrected chi connectivity index (χ1v) is 5.40. The first kappa shape index (κ1) is 11.0. The summed E-state index contributed by atoms with van der Waals surface area (Å²) in [5.74, 6) is 0.679. The average molecular weight is 238 g/mol. The molecule has 0 bridgehead atoms. The average Bonchev–Trinajstić information content (AvgIpc) is 2.26. The van der Waals surface area contributed by atoms with Gasteiger partial charge in [0.1, 0.15) is 5.82 Å². The molecule has 0 aliphatic rings. The van der Waals surface area contributed by atoms with Crippen LogP contribution in [-0.2, 0) is 0 Å². The van der Waals surface area contributed by atoms with Crippen LogP contribution in [0.5, 0.6) is 0 Å². The minimum Gasteiger partial charge on any atom is -0.359 e. The zero-order valence-electron chi connectivity index (χ0n) is 9.12. The highest BCUT2D eigenvalue weighted by Crippen LogP contribution is 2.23. The second-order valence-corrected chi connectivity index (χ2v) is 4.01. The van der Waals surface area contributed by atoms with Gasteiger partial charge >= 0.3 is 5.69 Å². The van der Waals surface area contributed by atoms with Crippen LogP contribution in [0.15, 0.2) is 23.0 Å². The fourth-order valence-corrected chi connectivity index (χ4v) is 1.73. The number of halogens is 1. The number of aromatic nitrogens is 2. The maximum atomic E-state index is 11.4. The Kier molecular flexibility index (Phi) is 2.83. The number of hydrogen-bond donors (Lipinski definition) is 1. The van der Waals surface area contributed by atoms with Crippen molar-refractivity contribution in [1.29, 1.82) is 0 Å². The van der Waals surface area contributed by atoms with E-state index in [1.54, 1.807) is 12.1 Å². The molecule has 0 amide bonds. The number of H-pyrrole nitrogens is 1. The molecule has 16 heavy (non-hydrogen) atoms. The predicted octanol–water partition coefficient (Wildman–Crippen LogP) is 2.03. The van der Waals surface area contributed by atoms with E-state index in [0.29, 0.717) is 16.4 Å². The lowest BCUT2D eigenvalue weighted by Gasteiger charge is -2.16. The van der Waals surface area contributed by atoms with Crippen LogP contribution < -0.4 is 10.6 Å². The van der Waals surface area contributed by atoms with Crippen LogP contribution in [0.2, 0.25) is 5.02 Å². The highest BCUT2D eigenvalue weighted by atomic mass is 35.5. The highest BCUT2D eigenvalue weighted by Gasteiger charge is 2.08. The van der Waals surface area contributed by atoms with Gasteiger partial charge in [0, 0.05) is 24.0 Å². The lowest BCUT2D eigenvalue weighted by Crippen LogP contribution is -2.22. The van der Waals surface area contributed by atoms with E-state index in [1.807, 2.05) is 24.9 Å². The van der Waals surface area contributed by atoms with Crippen molar-refractivity contribution in [1.82, 2.24) is 9.97 Å². The summed E-state index contributed by atoms with van der Waals surface area (Å²) in [5.41, 5.74) is 0.355. The fraction of sp³-hybridized carbons (Fsp3) is 0.273. The molecular formula is C11H12ClN3O. The molecule has 0 aliphatic carbocycles. The largest absolute Gasteiger partial charge is 0.359 e. The van der Waals surface area contributed by atoms with Gasteiger partial charge in [0.2, 0.25) is 0 Å². The number of hydrogen-bond acceptors (Lipinski definition) is 3. The molecule has 0 unspecified atom stereocenters. The van der Waals surface area contributed by atoms with E-state index in [2.05, 4.69) is 9.97 Å². The highest BCUT2D eigenvalue weighted by molar-refractivity contribution is 6.31. The van der Waals surface area contributed by atoms with Gasteiger partial charge < -0.3 is 9.88 Å². The molecule has 0 radical (unpaired) electrons. The Bertz CT molecular complexity index is 579. The summed E-state index contributed by atoms with van der Waals surface area (Å²) < 4.78 is 0. The molecule has 0 aliphatic heterocycles. The van der Waals surface area contributed by atoms with Gasteiger partial charge in [-0.1, -0.05) is 11.6 Å². The third-order valence-corrected chi connectivity index (χ3v) is 2.74. The monoisotopic (exact) mass is 237 g/mol. The molecule has 2 aromatic rings. The first-order chi connectivity index (χ1) is 7.61. The van der Waals surface area contributed by atoms with Crippen molar-refractivity contribution < 1.29 is 0 Å². The summed E-state index contributed by atoms with van der Waals surface area (Å²) in [4.78, 5) is 20.0. The molecule has 1 aromatic carbocycles. The third-order valence-electron chi connectivity index (χ3n) is 2.51. The summed E-state index contributed by atoms with van der Waals surface area (Å²) in [6.07, 6.45) is 0. The lowest BCUT2D eigenvalue weighted by molar-refractivity contribution is 0.928. The summed E-state index contributed by atoms with van der Waals surface area (Å²) in [5, 5.41) is 1.49. The topological polar surface area (TPSA) is 49.0 Å². The Hall–Kier alpha value is -1.55. The van der Waals surface area contributed by atoms with E-state index in [-0.39, 0.29) is 5.69 Å². The van der Waals surface area contributed by atoms with Crippen molar-refractivity contribution in [3.63, 3.8) is 0 Å². The van der Waals surface area contributed by atoms with Gasteiger partial charge in [-0.3, -0.25) is 0 Å². The molecular weight excluding hydrogens is 226 g/mol. The lowest BCUT2D eigenvalue weighted by atomic mass is 10.2. The van der Waals surface area contributed by atoms with E-state index in [4.69, 9.17) is 11.6 Å². The zero-order chi connectivity index (χ0) is 11.7. The molecule has 1 aromatic heterocycles. The normalized spacial score (nSPS) is 10.7. The van der Waals surface area contributed by atoms with Gasteiger partial charge in [-0.15, -0.1) is 0 Å². The number of nitrogens with one attached hydrogen (secondary N) is 1. The number of aromatic amines is 1. The Morgan fingerprint density at radius 1 is 1.50 bits per heavy atom. The van der Waals surface area contributed by atoms with Crippen LogP contribution in [0.1, 0.15) is 6.92 Å². The van der Waals surface area contributed by atoms with Crippen molar-refractivity contribution in [3.8, 4) is 0 Å². The van der Waals surface area contributed by atoms with Gasteiger partial charge in [0.25, 0.3) is 0 Å². The molecule has 0 saturated heterocycles. The molecule has 1 heterocycles. The second-order valence-electron chi connectivity index (χ2n) is 3.57. The van der Waals surface area contributed by atoms with Crippen LogP contribution in [0, 0.1) is 0 Å². The smallest absolute Gasteiger partial charge is 0.347 e. The van der Waals surface area contributed by atoms with Crippen molar-refractivity contribution in [2.75, 3.05) is 18.5 Å². The minimum absolute atomic E-state index is 0.356. The van der Waals surface area contributed by atoms with E-state index in [9.17, 15) is 4.79 Å². The SMILES string of the molecule is CCN(C)c1nc(=O)[nH]c2cc(Cl)ccc12. The number of fused-ring (bicyclic) bond motifs is 1. The zero-order valence-corrected chi connectivity index (χ0v) is 9.88. The molecule has 0 saturated carbocycles. The van der Waals surface area contributed by atoms with Crippen molar-refractivity contribution in [3.05, 3.63) is 33.7 Å². The van der Waals surface area contributed by atoms with Crippen LogP contribution in [0.4, 0.5) is 5.82 Å². The van der Waals surface area contributed by atoms with Crippen LogP contribution in [-0.4, -0.2) is 23.6 Å². The van der Waals surface area contributed by atoms with Gasteiger partial charge in [-0.2, -0.15) is 4.98 Å². The molecule has 0 spiro atoms. The molecule has 4 nitrogen and oxygen atoms in total. The maximum absolute atomic E-state index is 11.4. The predicted molar refractivity (Wildman–Crippen MR) is 66.3 cm³/mol. The molecule has 0 fully saturated rings. The number of nitrogens with zero attached hydrogens (tertiary/aromatic N) is 2. The Morgan fingerprint density at radius 3 is 2.94 bits per heavy atom. The summed E-state index contributed by atoms with van der Waals surface area (Å²) in [7, 11) is 1.90. The third kappa shape index (κ3) is 1.88. The number of anilines is 1. The minimum atomic E-state index is -0.356. The van der Waals surface area contributed by atoms with E-state index in [0.717, 1.165) is 11.9 Å². The molecule has 2 rings (SSSR count). The number of benzene rings is 1. The summed E-state index contributed by atoms with van der Waals surface area (Å²) >= 11 is 5.88. The maximum Gasteiger partial charge on any atom is 0.347 e. The Morgan fingerprint density at radius 2 is 2.25 bits per heavy atom. The Labute approximate surface area is 97.9 Å². The van der Waals surface area contributed by atoms with E-state index >= 15 is 0 Å². The van der Waals surface area contributed by atoms with Gasteiger partial charge in [-0.05, 0) is 25.1 Å². The fourth-order valence-electron chi connectivity index (χ4n) is 1.56. The van der Waals surface area contributed by atoms with Gasteiger partial charge in [0.15, 0.2) is 0 Å². The molecule has 84 valence electrons. The first-order valence-electron chi connectivity index (χ1n) is 5.02. The van der Waals surface area contributed by atoms with E-state index < -0.39 is 0 Å². The van der Waals surface area contributed by atoms with Crippen LogP contribution in [0.25, 0.3) is 10.9 Å². The van der Waals surface area contributed by atoms with Gasteiger partial charge in [-0.25, -0.2) is 4.79 Å². The van der Waals surface area contributed by atoms with Crippen molar-refractivity contribution >= 4 is 28.3 Å². The molecule has 5 heteroatoms. The van der Waals surface area contributed by atoms with Crippen molar-refractivity contribution in [2.24, 2.45) is 0 Å².